The number of benzene rings is 2. The molecule has 0 aliphatic rings. The number of nitrogens with zero attached hydrogens (tertiary/aromatic N) is 1. The molecule has 2 aromatic rings. The van der Waals surface area contributed by atoms with Gasteiger partial charge in [0.25, 0.3) is 11.6 Å². The molecule has 132 valence electrons. The summed E-state index contributed by atoms with van der Waals surface area (Å²) in [4.78, 5) is 21.7. The van der Waals surface area contributed by atoms with E-state index < -0.39 is 10.7 Å². The number of anilines is 1. The number of rotatable bonds is 8. The van der Waals surface area contributed by atoms with Crippen LogP contribution in [-0.2, 0) is 4.79 Å². The molecule has 0 spiro atoms. The van der Waals surface area contributed by atoms with Crippen molar-refractivity contribution in [3.05, 3.63) is 62.9 Å². The zero-order valence-electron chi connectivity index (χ0n) is 13.0. The lowest BCUT2D eigenvalue weighted by atomic mass is 10.3. The van der Waals surface area contributed by atoms with Crippen LogP contribution < -0.4 is 15.4 Å². The lowest BCUT2D eigenvalue weighted by Crippen LogP contribution is -2.32. The molecule has 0 saturated carbocycles. The molecule has 2 aromatic carbocycles. The molecule has 0 unspecified atom stereocenters. The van der Waals surface area contributed by atoms with Crippen LogP contribution in [0.5, 0.6) is 5.75 Å². The van der Waals surface area contributed by atoms with Gasteiger partial charge in [0.05, 0.1) is 4.92 Å². The zero-order valence-corrected chi connectivity index (χ0v) is 14.6. The van der Waals surface area contributed by atoms with Crippen molar-refractivity contribution in [1.29, 1.82) is 0 Å². The van der Waals surface area contributed by atoms with Crippen LogP contribution in [0.1, 0.15) is 0 Å². The fourth-order valence-corrected chi connectivity index (χ4v) is 2.23. The first-order valence-corrected chi connectivity index (χ1v) is 8.08. The summed E-state index contributed by atoms with van der Waals surface area (Å²) < 4.78 is 19.2. The normalized spacial score (nSPS) is 10.2. The number of carbonyl (C=O) groups excluding carboxylic acids is 1. The second-order valence-corrected chi connectivity index (χ2v) is 5.86. The van der Waals surface area contributed by atoms with Gasteiger partial charge in [-0.1, -0.05) is 15.9 Å². The molecule has 25 heavy (non-hydrogen) atoms. The highest BCUT2D eigenvalue weighted by Crippen LogP contribution is 2.21. The lowest BCUT2D eigenvalue weighted by molar-refractivity contribution is -0.384. The Morgan fingerprint density at radius 1 is 1.20 bits per heavy atom. The van der Waals surface area contributed by atoms with Crippen molar-refractivity contribution in [3.63, 3.8) is 0 Å². The van der Waals surface area contributed by atoms with E-state index in [-0.39, 0.29) is 24.0 Å². The van der Waals surface area contributed by atoms with Crippen molar-refractivity contribution in [2.45, 2.75) is 0 Å². The van der Waals surface area contributed by atoms with Gasteiger partial charge in [0, 0.05) is 35.4 Å². The van der Waals surface area contributed by atoms with Crippen molar-refractivity contribution >= 4 is 33.2 Å². The van der Waals surface area contributed by atoms with Gasteiger partial charge in [0.15, 0.2) is 18.2 Å². The summed E-state index contributed by atoms with van der Waals surface area (Å²) in [7, 11) is 0. The van der Waals surface area contributed by atoms with Crippen LogP contribution in [0.15, 0.2) is 46.9 Å². The number of carbonyl (C=O) groups is 1. The number of ether oxygens (including phenoxy) is 1. The zero-order chi connectivity index (χ0) is 18.2. The first kappa shape index (κ1) is 18.7. The number of non-ortho nitro benzene ring substituents is 1. The maximum absolute atomic E-state index is 13.5. The lowest BCUT2D eigenvalue weighted by Gasteiger charge is -2.09. The molecule has 0 fully saturated rings. The van der Waals surface area contributed by atoms with Gasteiger partial charge in [0.1, 0.15) is 0 Å². The number of halogens is 2. The van der Waals surface area contributed by atoms with E-state index >= 15 is 0 Å². The van der Waals surface area contributed by atoms with Crippen LogP contribution in [0.3, 0.4) is 0 Å². The maximum atomic E-state index is 13.5. The van der Waals surface area contributed by atoms with E-state index in [2.05, 4.69) is 26.6 Å². The summed E-state index contributed by atoms with van der Waals surface area (Å²) in [6, 6.07) is 10.2. The van der Waals surface area contributed by atoms with Crippen LogP contribution in [0.2, 0.25) is 0 Å². The quantitative estimate of drug-likeness (QED) is 0.395. The smallest absolute Gasteiger partial charge is 0.269 e. The fraction of sp³-hybridized carbons (Fsp3) is 0.188. The van der Waals surface area contributed by atoms with Gasteiger partial charge in [-0.3, -0.25) is 14.9 Å². The number of nitrogens with one attached hydrogen (secondary N) is 2. The van der Waals surface area contributed by atoms with E-state index in [1.807, 2.05) is 0 Å². The molecule has 0 aromatic heterocycles. The summed E-state index contributed by atoms with van der Waals surface area (Å²) in [5, 5.41) is 16.2. The summed E-state index contributed by atoms with van der Waals surface area (Å²) in [5.74, 6) is -0.933. The Kier molecular flexibility index (Phi) is 6.70. The largest absolute Gasteiger partial charge is 0.481 e. The Bertz CT molecular complexity index is 756. The molecule has 9 heteroatoms. The van der Waals surface area contributed by atoms with Gasteiger partial charge in [-0.05, 0) is 30.3 Å². The van der Waals surface area contributed by atoms with E-state index in [4.69, 9.17) is 4.74 Å². The number of nitro benzene ring substituents is 1. The molecule has 0 bridgehead atoms. The molecule has 0 saturated heterocycles. The number of hydrogen-bond acceptors (Lipinski definition) is 5. The highest BCUT2D eigenvalue weighted by Gasteiger charge is 2.07. The van der Waals surface area contributed by atoms with E-state index in [1.165, 1.54) is 24.3 Å². The number of nitro groups is 1. The predicted octanol–water partition coefficient (Wildman–Crippen LogP) is 3.10. The van der Waals surface area contributed by atoms with Crippen LogP contribution >= 0.6 is 15.9 Å². The monoisotopic (exact) mass is 411 g/mol. The molecule has 2 rings (SSSR count). The topological polar surface area (TPSA) is 93.5 Å². The van der Waals surface area contributed by atoms with E-state index in [0.717, 1.165) is 0 Å². The van der Waals surface area contributed by atoms with Crippen LogP contribution in [-0.4, -0.2) is 30.5 Å². The first-order chi connectivity index (χ1) is 12.0. The Morgan fingerprint density at radius 2 is 1.92 bits per heavy atom. The van der Waals surface area contributed by atoms with Gasteiger partial charge >= 0.3 is 0 Å². The van der Waals surface area contributed by atoms with Crippen molar-refractivity contribution in [2.24, 2.45) is 0 Å². The summed E-state index contributed by atoms with van der Waals surface area (Å²) in [6.07, 6.45) is 0. The highest BCUT2D eigenvalue weighted by molar-refractivity contribution is 9.10. The number of hydrogen-bond donors (Lipinski definition) is 2. The minimum absolute atomic E-state index is 0.00218. The highest BCUT2D eigenvalue weighted by atomic mass is 79.9. The SMILES string of the molecule is O=C(COc1ccc(Br)cc1F)NCCNc1ccc([N+](=O)[O-])cc1. The fourth-order valence-electron chi connectivity index (χ4n) is 1.90. The Hall–Kier alpha value is -2.68. The van der Waals surface area contributed by atoms with Gasteiger partial charge in [-0.15, -0.1) is 0 Å². The molecule has 7 nitrogen and oxygen atoms in total. The summed E-state index contributed by atoms with van der Waals surface area (Å²) in [5.41, 5.74) is 0.712. The van der Waals surface area contributed by atoms with Crippen LogP contribution in [0.25, 0.3) is 0 Å². The van der Waals surface area contributed by atoms with E-state index in [0.29, 0.717) is 23.2 Å². The Labute approximate surface area is 151 Å². The summed E-state index contributed by atoms with van der Waals surface area (Å²) in [6.45, 7) is 0.453. The molecule has 1 amide bonds. The molecule has 0 heterocycles. The predicted molar refractivity (Wildman–Crippen MR) is 94.2 cm³/mol. The molecule has 2 N–H and O–H groups in total. The molecular formula is C16H15BrFN3O4. The first-order valence-electron chi connectivity index (χ1n) is 7.28. The molecule has 0 aliphatic carbocycles. The molecule has 0 atom stereocenters. The third-order valence-corrected chi connectivity index (χ3v) is 3.60. The van der Waals surface area contributed by atoms with E-state index in [9.17, 15) is 19.3 Å². The second-order valence-electron chi connectivity index (χ2n) is 4.94. The minimum atomic E-state index is -0.554. The second kappa shape index (κ2) is 8.97. The van der Waals surface area contributed by atoms with Gasteiger partial charge < -0.3 is 15.4 Å². The van der Waals surface area contributed by atoms with Crippen molar-refractivity contribution in [2.75, 3.05) is 25.0 Å². The van der Waals surface area contributed by atoms with Crippen molar-refractivity contribution < 1.29 is 18.8 Å². The van der Waals surface area contributed by atoms with Crippen molar-refractivity contribution in [3.8, 4) is 5.75 Å². The standard InChI is InChI=1S/C16H15BrFN3O4/c17-11-1-6-15(14(18)9-11)25-10-16(22)20-8-7-19-12-2-4-13(5-3-12)21(23)24/h1-6,9,19H,7-8,10H2,(H,20,22). The average molecular weight is 412 g/mol. The minimum Gasteiger partial charge on any atom is -0.481 e. The van der Waals surface area contributed by atoms with Gasteiger partial charge in [-0.2, -0.15) is 0 Å². The maximum Gasteiger partial charge on any atom is 0.269 e. The number of amides is 1. The average Bonchev–Trinajstić information content (AvgIpc) is 2.58. The van der Waals surface area contributed by atoms with Gasteiger partial charge in [0.2, 0.25) is 0 Å². The van der Waals surface area contributed by atoms with Gasteiger partial charge in [-0.25, -0.2) is 4.39 Å². The third-order valence-electron chi connectivity index (χ3n) is 3.11. The van der Waals surface area contributed by atoms with Crippen molar-refractivity contribution in [1.82, 2.24) is 5.32 Å². The molecular weight excluding hydrogens is 397 g/mol. The van der Waals surface area contributed by atoms with Crippen LogP contribution in [0, 0.1) is 15.9 Å². The molecule has 0 aliphatic heterocycles. The third kappa shape index (κ3) is 6.03. The van der Waals surface area contributed by atoms with Crippen LogP contribution in [0.4, 0.5) is 15.8 Å². The Morgan fingerprint density at radius 3 is 2.56 bits per heavy atom. The summed E-state index contributed by atoms with van der Waals surface area (Å²) >= 11 is 3.13. The Balaban J connectivity index is 1.67. The molecule has 0 radical (unpaired) electrons. The van der Waals surface area contributed by atoms with E-state index in [1.54, 1.807) is 18.2 Å².